The van der Waals surface area contributed by atoms with Crippen molar-refractivity contribution in [3.8, 4) is 0 Å². The van der Waals surface area contributed by atoms with Crippen LogP contribution in [0, 0.1) is 52.3 Å². The fraction of sp³-hybridized carbons (Fsp3) is 0.966. The fourth-order valence-electron chi connectivity index (χ4n) is 10.4. The summed E-state index contributed by atoms with van der Waals surface area (Å²) in [5.41, 5.74) is 1.27. The van der Waals surface area contributed by atoms with E-state index in [2.05, 4.69) is 48.3 Å². The summed E-state index contributed by atoms with van der Waals surface area (Å²) in [6, 6.07) is 0. The van der Waals surface area contributed by atoms with Gasteiger partial charge in [-0.05, 0) is 104 Å². The summed E-state index contributed by atoms with van der Waals surface area (Å²) in [7, 11) is 0. The lowest BCUT2D eigenvalue weighted by molar-refractivity contribution is -0.138. The number of aromatic amines is 1. The van der Waals surface area contributed by atoms with Gasteiger partial charge in [-0.2, -0.15) is 5.21 Å². The Balaban J connectivity index is 1.21. The maximum absolute atomic E-state index is 4.09. The average molecular weight is 455 g/mol. The van der Waals surface area contributed by atoms with Crippen molar-refractivity contribution in [3.05, 3.63) is 5.82 Å². The second-order valence-electron chi connectivity index (χ2n) is 13.3. The molecule has 0 aliphatic heterocycles. The van der Waals surface area contributed by atoms with E-state index in [-0.39, 0.29) is 0 Å². The summed E-state index contributed by atoms with van der Waals surface area (Å²) in [5, 5.41) is 14.4. The lowest BCUT2D eigenvalue weighted by Gasteiger charge is -2.63. The summed E-state index contributed by atoms with van der Waals surface area (Å²) >= 11 is 0. The van der Waals surface area contributed by atoms with Crippen LogP contribution in [-0.4, -0.2) is 20.6 Å². The number of hydrogen-bond acceptors (Lipinski definition) is 3. The Bertz CT molecular complexity index is 762. The predicted molar refractivity (Wildman–Crippen MR) is 135 cm³/mol. The first-order valence-electron chi connectivity index (χ1n) is 14.7. The molecule has 1 aromatic heterocycles. The Kier molecular flexibility index (Phi) is 6.93. The van der Waals surface area contributed by atoms with Crippen LogP contribution < -0.4 is 0 Å². The first-order chi connectivity index (χ1) is 16.0. The van der Waals surface area contributed by atoms with Gasteiger partial charge in [0.05, 0.1) is 0 Å². The number of nitrogens with one attached hydrogen (secondary N) is 1. The van der Waals surface area contributed by atoms with Crippen LogP contribution in [0.5, 0.6) is 0 Å². The molecule has 0 amide bonds. The Morgan fingerprint density at radius 1 is 0.939 bits per heavy atom. The molecule has 2 unspecified atom stereocenters. The van der Waals surface area contributed by atoms with Crippen molar-refractivity contribution in [2.24, 2.45) is 52.3 Å². The van der Waals surface area contributed by atoms with Gasteiger partial charge in [-0.25, -0.2) is 0 Å². The topological polar surface area (TPSA) is 54.5 Å². The molecule has 5 rings (SSSR count). The first-order valence-corrected chi connectivity index (χ1v) is 14.7. The summed E-state index contributed by atoms with van der Waals surface area (Å²) in [4.78, 5) is 0. The normalized spacial score (nSPS) is 43.5. The maximum Gasteiger partial charge on any atom is 0.174 e. The van der Waals surface area contributed by atoms with Gasteiger partial charge in [0, 0.05) is 6.42 Å². The SMILES string of the molecule is CC[C@H]1C[C@H]2C3CCC([C@H](C)CCCCCc4nn[nH]n4)[C@@]3(C)CC[C@@H]2[C@@]2(C)CCCC[C@@H]12. The number of rotatable bonds is 8. The lowest BCUT2D eigenvalue weighted by Crippen LogP contribution is -2.55. The van der Waals surface area contributed by atoms with E-state index in [0.29, 0.717) is 10.8 Å². The van der Waals surface area contributed by atoms with Gasteiger partial charge in [0.2, 0.25) is 0 Å². The Morgan fingerprint density at radius 3 is 2.58 bits per heavy atom. The van der Waals surface area contributed by atoms with E-state index in [1.54, 1.807) is 6.42 Å². The van der Waals surface area contributed by atoms with Crippen LogP contribution in [0.25, 0.3) is 0 Å². The molecule has 4 fully saturated rings. The molecule has 1 N–H and O–H groups in total. The van der Waals surface area contributed by atoms with Crippen molar-refractivity contribution >= 4 is 0 Å². The van der Waals surface area contributed by atoms with Gasteiger partial charge in [-0.3, -0.25) is 0 Å². The molecule has 1 aromatic rings. The molecule has 4 nitrogen and oxygen atoms in total. The highest BCUT2D eigenvalue weighted by Gasteiger charge is 2.61. The third kappa shape index (κ3) is 4.20. The number of unbranched alkanes of at least 4 members (excludes halogenated alkanes) is 2. The van der Waals surface area contributed by atoms with Gasteiger partial charge in [0.15, 0.2) is 5.82 Å². The smallest absolute Gasteiger partial charge is 0.174 e. The molecule has 4 aliphatic rings. The number of nitrogens with zero attached hydrogens (tertiary/aromatic N) is 3. The summed E-state index contributed by atoms with van der Waals surface area (Å²) in [6.07, 6.45) is 21.4. The minimum absolute atomic E-state index is 0.612. The maximum atomic E-state index is 4.09. The minimum atomic E-state index is 0.612. The monoisotopic (exact) mass is 454 g/mol. The molecule has 4 heteroatoms. The average Bonchev–Trinajstić information content (AvgIpc) is 3.45. The largest absolute Gasteiger partial charge is 0.177 e. The van der Waals surface area contributed by atoms with Crippen LogP contribution >= 0.6 is 0 Å². The van der Waals surface area contributed by atoms with E-state index in [9.17, 15) is 0 Å². The molecule has 4 saturated carbocycles. The van der Waals surface area contributed by atoms with Crippen LogP contribution in [-0.2, 0) is 6.42 Å². The van der Waals surface area contributed by atoms with E-state index in [1.165, 1.54) is 83.5 Å². The van der Waals surface area contributed by atoms with Crippen LogP contribution in [0.3, 0.4) is 0 Å². The molecule has 0 radical (unpaired) electrons. The van der Waals surface area contributed by atoms with Crippen LogP contribution in [0.4, 0.5) is 0 Å². The Labute approximate surface area is 202 Å². The zero-order valence-corrected chi connectivity index (χ0v) is 22.0. The Morgan fingerprint density at radius 2 is 1.79 bits per heavy atom. The van der Waals surface area contributed by atoms with Crippen molar-refractivity contribution in [1.29, 1.82) is 0 Å². The van der Waals surface area contributed by atoms with E-state index < -0.39 is 0 Å². The van der Waals surface area contributed by atoms with E-state index >= 15 is 0 Å². The standard InChI is InChI=1S/C29H50N4/c1-5-21-19-22-25-15-14-23(20(2)11-7-6-8-13-27-30-32-33-31-27)29(25,4)18-16-26(22)28(3)17-10-9-12-24(21)28/h20-26H,5-19H2,1-4H3,(H,30,31,32,33)/t20-,21+,22+,23?,24+,25?,26+,28+,29-/m1/s1. The molecule has 33 heavy (non-hydrogen) atoms. The molecule has 1 heterocycles. The summed E-state index contributed by atoms with van der Waals surface area (Å²) < 4.78 is 0. The third-order valence-electron chi connectivity index (χ3n) is 12.0. The zero-order chi connectivity index (χ0) is 23.1. The highest BCUT2D eigenvalue weighted by atomic mass is 15.5. The van der Waals surface area contributed by atoms with Gasteiger partial charge < -0.3 is 0 Å². The van der Waals surface area contributed by atoms with Gasteiger partial charge in [0.25, 0.3) is 0 Å². The molecule has 0 saturated heterocycles. The first kappa shape index (κ1) is 23.8. The van der Waals surface area contributed by atoms with Gasteiger partial charge in [-0.15, -0.1) is 10.2 Å². The number of aromatic nitrogens is 4. The molecule has 186 valence electrons. The summed E-state index contributed by atoms with van der Waals surface area (Å²) in [5.74, 6) is 7.82. The van der Waals surface area contributed by atoms with Crippen molar-refractivity contribution in [2.45, 2.75) is 124 Å². The van der Waals surface area contributed by atoms with E-state index in [0.717, 1.165) is 53.7 Å². The summed E-state index contributed by atoms with van der Waals surface area (Å²) in [6.45, 7) is 10.6. The second kappa shape index (κ2) is 9.61. The highest BCUT2D eigenvalue weighted by Crippen LogP contribution is 2.69. The third-order valence-corrected chi connectivity index (χ3v) is 12.0. The molecule has 0 bridgehead atoms. The molecule has 0 spiro atoms. The lowest BCUT2D eigenvalue weighted by atomic mass is 9.42. The van der Waals surface area contributed by atoms with Gasteiger partial charge >= 0.3 is 0 Å². The van der Waals surface area contributed by atoms with Crippen molar-refractivity contribution in [3.63, 3.8) is 0 Å². The van der Waals surface area contributed by atoms with Crippen molar-refractivity contribution < 1.29 is 0 Å². The fourth-order valence-corrected chi connectivity index (χ4v) is 10.4. The zero-order valence-electron chi connectivity index (χ0n) is 22.0. The molecule has 4 aliphatic carbocycles. The van der Waals surface area contributed by atoms with E-state index in [4.69, 9.17) is 0 Å². The quantitative estimate of drug-likeness (QED) is 0.411. The van der Waals surface area contributed by atoms with Crippen LogP contribution in [0.2, 0.25) is 0 Å². The highest BCUT2D eigenvalue weighted by molar-refractivity contribution is 5.10. The number of aryl methyl sites for hydroxylation is 1. The predicted octanol–water partition coefficient (Wildman–Crippen LogP) is 7.62. The Hall–Kier alpha value is -0.930. The number of hydrogen-bond donors (Lipinski definition) is 1. The van der Waals surface area contributed by atoms with Crippen molar-refractivity contribution in [1.82, 2.24) is 20.6 Å². The van der Waals surface area contributed by atoms with Crippen LogP contribution in [0.1, 0.15) is 123 Å². The number of H-pyrrole nitrogens is 1. The van der Waals surface area contributed by atoms with Crippen LogP contribution in [0.15, 0.2) is 0 Å². The van der Waals surface area contributed by atoms with Crippen molar-refractivity contribution in [2.75, 3.05) is 0 Å². The molecule has 0 aromatic carbocycles. The molecule has 9 atom stereocenters. The van der Waals surface area contributed by atoms with Gasteiger partial charge in [0.1, 0.15) is 0 Å². The number of tetrazole rings is 1. The van der Waals surface area contributed by atoms with E-state index in [1.807, 2.05) is 0 Å². The van der Waals surface area contributed by atoms with Gasteiger partial charge in [-0.1, -0.05) is 71.4 Å². The molecular weight excluding hydrogens is 404 g/mol. The molecular formula is C29H50N4. The minimum Gasteiger partial charge on any atom is -0.177 e. The number of fused-ring (bicyclic) bond motifs is 5. The second-order valence-corrected chi connectivity index (χ2v) is 13.3.